The van der Waals surface area contributed by atoms with Crippen molar-refractivity contribution in [2.24, 2.45) is 0 Å². The average molecular weight is 304 g/mol. The Kier molecular flexibility index (Phi) is 3.46. The molecule has 0 radical (unpaired) electrons. The zero-order valence-electron chi connectivity index (χ0n) is 11.6. The van der Waals surface area contributed by atoms with Gasteiger partial charge >= 0.3 is 0 Å². The van der Waals surface area contributed by atoms with E-state index in [0.717, 1.165) is 24.0 Å². The molecule has 0 unspecified atom stereocenters. The molecule has 1 aliphatic carbocycles. The molecule has 1 amide bonds. The zero-order valence-corrected chi connectivity index (χ0v) is 12.4. The van der Waals surface area contributed by atoms with Crippen molar-refractivity contribution in [1.82, 2.24) is 0 Å². The molecule has 0 heterocycles. The highest BCUT2D eigenvalue weighted by atomic mass is 35.5. The van der Waals surface area contributed by atoms with Crippen LogP contribution in [0.4, 0.5) is 10.1 Å². The first kappa shape index (κ1) is 14.1. The van der Waals surface area contributed by atoms with E-state index in [9.17, 15) is 9.18 Å². The Labute approximate surface area is 127 Å². The molecule has 0 atom stereocenters. The van der Waals surface area contributed by atoms with Gasteiger partial charge in [-0.05, 0) is 55.2 Å². The molecule has 4 heteroatoms. The molecular weight excluding hydrogens is 289 g/mol. The molecule has 0 saturated heterocycles. The summed E-state index contributed by atoms with van der Waals surface area (Å²) in [5.41, 5.74) is 1.44. The summed E-state index contributed by atoms with van der Waals surface area (Å²) in [6.07, 6.45) is 1.54. The molecule has 0 aliphatic heterocycles. The van der Waals surface area contributed by atoms with Crippen LogP contribution in [0.1, 0.15) is 24.0 Å². The van der Waals surface area contributed by atoms with Crippen LogP contribution in [0, 0.1) is 12.7 Å². The van der Waals surface area contributed by atoms with E-state index in [1.807, 2.05) is 19.1 Å². The lowest BCUT2D eigenvalue weighted by molar-refractivity contribution is -0.118. The normalized spacial score (nSPS) is 15.6. The third-order valence-corrected chi connectivity index (χ3v) is 4.21. The predicted molar refractivity (Wildman–Crippen MR) is 82.1 cm³/mol. The molecule has 108 valence electrons. The van der Waals surface area contributed by atoms with E-state index in [-0.39, 0.29) is 11.6 Å². The number of aryl methyl sites for hydroxylation is 1. The number of carbonyl (C=O) groups excluding carboxylic acids is 1. The van der Waals surface area contributed by atoms with Gasteiger partial charge in [0.05, 0.1) is 11.1 Å². The van der Waals surface area contributed by atoms with Crippen LogP contribution in [0.25, 0.3) is 0 Å². The second-order valence-corrected chi connectivity index (χ2v) is 5.96. The number of hydrogen-bond donors (Lipinski definition) is 1. The van der Waals surface area contributed by atoms with Crippen LogP contribution >= 0.6 is 11.6 Å². The molecule has 0 spiro atoms. The molecule has 2 aromatic carbocycles. The van der Waals surface area contributed by atoms with E-state index in [0.29, 0.717) is 5.02 Å². The highest BCUT2D eigenvalue weighted by Crippen LogP contribution is 2.49. The van der Waals surface area contributed by atoms with Crippen LogP contribution in [0.2, 0.25) is 5.02 Å². The van der Waals surface area contributed by atoms with Crippen molar-refractivity contribution >= 4 is 23.2 Å². The van der Waals surface area contributed by atoms with Crippen LogP contribution in [0.5, 0.6) is 0 Å². The Bertz CT molecular complexity index is 692. The fourth-order valence-corrected chi connectivity index (χ4v) is 2.63. The van der Waals surface area contributed by atoms with Crippen molar-refractivity contribution in [3.63, 3.8) is 0 Å². The molecule has 1 N–H and O–H groups in total. The van der Waals surface area contributed by atoms with E-state index in [1.54, 1.807) is 24.3 Å². The van der Waals surface area contributed by atoms with Crippen molar-refractivity contribution in [1.29, 1.82) is 0 Å². The largest absolute Gasteiger partial charge is 0.323 e. The maximum absolute atomic E-state index is 13.8. The van der Waals surface area contributed by atoms with E-state index in [4.69, 9.17) is 11.6 Å². The van der Waals surface area contributed by atoms with Crippen LogP contribution < -0.4 is 5.32 Å². The Morgan fingerprint density at radius 3 is 2.43 bits per heavy atom. The fraction of sp³-hybridized carbons (Fsp3) is 0.235. The lowest BCUT2D eigenvalue weighted by atomic mass is 9.95. The van der Waals surface area contributed by atoms with Gasteiger partial charge in [-0.3, -0.25) is 4.79 Å². The third kappa shape index (κ3) is 2.66. The third-order valence-electron chi connectivity index (χ3n) is 3.95. The van der Waals surface area contributed by atoms with Gasteiger partial charge < -0.3 is 5.32 Å². The standard InChI is InChI=1S/C17H15ClFNO/c1-11-2-7-15(14(19)10-11)20-16(21)17(8-9-17)12-3-5-13(18)6-4-12/h2-7,10H,8-9H2,1H3,(H,20,21). The molecule has 1 saturated carbocycles. The number of rotatable bonds is 3. The van der Waals surface area contributed by atoms with Gasteiger partial charge in [-0.15, -0.1) is 0 Å². The number of halogens is 2. The number of carbonyl (C=O) groups is 1. The van der Waals surface area contributed by atoms with Gasteiger partial charge in [0.15, 0.2) is 0 Å². The van der Waals surface area contributed by atoms with Crippen LogP contribution in [0.15, 0.2) is 42.5 Å². The van der Waals surface area contributed by atoms with Gasteiger partial charge in [0.2, 0.25) is 5.91 Å². The van der Waals surface area contributed by atoms with E-state index >= 15 is 0 Å². The van der Waals surface area contributed by atoms with E-state index < -0.39 is 11.2 Å². The Morgan fingerprint density at radius 2 is 1.86 bits per heavy atom. The SMILES string of the molecule is Cc1ccc(NC(=O)C2(c3ccc(Cl)cc3)CC2)c(F)c1. The smallest absolute Gasteiger partial charge is 0.235 e. The molecule has 2 aromatic rings. The van der Waals surface area contributed by atoms with Crippen LogP contribution in [-0.4, -0.2) is 5.91 Å². The molecule has 21 heavy (non-hydrogen) atoms. The summed E-state index contributed by atoms with van der Waals surface area (Å²) < 4.78 is 13.8. The Balaban J connectivity index is 1.83. The van der Waals surface area contributed by atoms with Gasteiger partial charge in [0.1, 0.15) is 5.82 Å². The second kappa shape index (κ2) is 5.15. The van der Waals surface area contributed by atoms with Gasteiger partial charge in [-0.2, -0.15) is 0 Å². The lowest BCUT2D eigenvalue weighted by Gasteiger charge is -2.16. The second-order valence-electron chi connectivity index (χ2n) is 5.53. The maximum Gasteiger partial charge on any atom is 0.235 e. The Morgan fingerprint density at radius 1 is 1.19 bits per heavy atom. The van der Waals surface area contributed by atoms with Crippen LogP contribution in [-0.2, 0) is 10.2 Å². The summed E-state index contributed by atoms with van der Waals surface area (Å²) in [5, 5.41) is 3.34. The van der Waals surface area contributed by atoms with Crippen molar-refractivity contribution in [2.45, 2.75) is 25.2 Å². The molecule has 1 aliphatic rings. The monoisotopic (exact) mass is 303 g/mol. The van der Waals surface area contributed by atoms with E-state index in [1.165, 1.54) is 6.07 Å². The topological polar surface area (TPSA) is 29.1 Å². The number of benzene rings is 2. The molecular formula is C17H15ClFNO. The van der Waals surface area contributed by atoms with Crippen molar-refractivity contribution in [3.8, 4) is 0 Å². The minimum atomic E-state index is -0.540. The van der Waals surface area contributed by atoms with E-state index in [2.05, 4.69) is 5.32 Å². The minimum absolute atomic E-state index is 0.160. The fourth-order valence-electron chi connectivity index (χ4n) is 2.50. The number of anilines is 1. The quantitative estimate of drug-likeness (QED) is 0.891. The summed E-state index contributed by atoms with van der Waals surface area (Å²) >= 11 is 5.88. The highest BCUT2D eigenvalue weighted by Gasteiger charge is 2.51. The number of hydrogen-bond acceptors (Lipinski definition) is 1. The molecule has 0 aromatic heterocycles. The lowest BCUT2D eigenvalue weighted by Crippen LogP contribution is -2.28. The predicted octanol–water partition coefficient (Wildman–Crippen LogP) is 4.46. The maximum atomic E-state index is 13.8. The number of nitrogens with one attached hydrogen (secondary N) is 1. The summed E-state index contributed by atoms with van der Waals surface area (Å²) in [5.74, 6) is -0.567. The van der Waals surface area contributed by atoms with Crippen molar-refractivity contribution < 1.29 is 9.18 Å². The first-order chi connectivity index (χ1) is 10.0. The van der Waals surface area contributed by atoms with Gasteiger partial charge in [-0.1, -0.05) is 29.8 Å². The van der Waals surface area contributed by atoms with Gasteiger partial charge in [0, 0.05) is 5.02 Å². The summed E-state index contributed by atoms with van der Waals surface area (Å²) in [7, 11) is 0. The van der Waals surface area contributed by atoms with Gasteiger partial charge in [-0.25, -0.2) is 4.39 Å². The molecule has 2 nitrogen and oxygen atoms in total. The minimum Gasteiger partial charge on any atom is -0.323 e. The average Bonchev–Trinajstić information content (AvgIpc) is 3.24. The van der Waals surface area contributed by atoms with Crippen molar-refractivity contribution in [3.05, 3.63) is 64.4 Å². The summed E-state index contributed by atoms with van der Waals surface area (Å²) in [6, 6.07) is 12.1. The molecule has 1 fully saturated rings. The summed E-state index contributed by atoms with van der Waals surface area (Å²) in [6.45, 7) is 1.81. The Hall–Kier alpha value is -1.87. The van der Waals surface area contributed by atoms with Gasteiger partial charge in [0.25, 0.3) is 0 Å². The summed E-state index contributed by atoms with van der Waals surface area (Å²) in [4.78, 5) is 12.5. The first-order valence-corrected chi connectivity index (χ1v) is 7.23. The number of amides is 1. The highest BCUT2D eigenvalue weighted by molar-refractivity contribution is 6.30. The van der Waals surface area contributed by atoms with Crippen LogP contribution in [0.3, 0.4) is 0 Å². The van der Waals surface area contributed by atoms with Crippen molar-refractivity contribution in [2.75, 3.05) is 5.32 Å². The zero-order chi connectivity index (χ0) is 15.0. The molecule has 3 rings (SSSR count). The molecule has 0 bridgehead atoms. The first-order valence-electron chi connectivity index (χ1n) is 6.85.